The molecule has 3 N–H and O–H groups in total. The van der Waals surface area contributed by atoms with Crippen LogP contribution in [0.15, 0.2) is 29.3 Å². The fourth-order valence-electron chi connectivity index (χ4n) is 1.79. The molecule has 0 spiro atoms. The Labute approximate surface area is 123 Å². The van der Waals surface area contributed by atoms with Crippen LogP contribution >= 0.6 is 0 Å². The molecule has 0 aliphatic carbocycles. The molecule has 1 aromatic carbocycles. The van der Waals surface area contributed by atoms with Crippen LogP contribution in [0.1, 0.15) is 18.1 Å². The molecular formula is C13H15N5O2S. The molecule has 7 nitrogen and oxygen atoms in total. The molecule has 0 fully saturated rings. The summed E-state index contributed by atoms with van der Waals surface area (Å²) in [5.74, 6) is -0.0570. The van der Waals surface area contributed by atoms with E-state index < -0.39 is 10.0 Å². The lowest BCUT2D eigenvalue weighted by molar-refractivity contribution is 0.600. The lowest BCUT2D eigenvalue weighted by atomic mass is 10.1. The van der Waals surface area contributed by atoms with Gasteiger partial charge < -0.3 is 5.73 Å². The van der Waals surface area contributed by atoms with Crippen molar-refractivity contribution < 1.29 is 8.42 Å². The molecule has 0 bridgehead atoms. The number of aryl methyl sites for hydroxylation is 2. The molecule has 2 rings (SSSR count). The van der Waals surface area contributed by atoms with Crippen molar-refractivity contribution in [1.29, 1.82) is 5.26 Å². The molecule has 1 heterocycles. The molecule has 0 radical (unpaired) electrons. The number of nitrogens with one attached hydrogen (secondary N) is 1. The molecule has 1 aromatic heterocycles. The minimum Gasteiger partial charge on any atom is -0.381 e. The van der Waals surface area contributed by atoms with Gasteiger partial charge in [0.1, 0.15) is 4.90 Å². The maximum atomic E-state index is 12.4. The largest absolute Gasteiger partial charge is 0.381 e. The predicted molar refractivity (Wildman–Crippen MR) is 79.0 cm³/mol. The van der Waals surface area contributed by atoms with Gasteiger partial charge in [-0.2, -0.15) is 10.4 Å². The van der Waals surface area contributed by atoms with Gasteiger partial charge in [0.2, 0.25) is 0 Å². The number of anilines is 2. The summed E-state index contributed by atoms with van der Waals surface area (Å²) in [5.41, 5.74) is 7.07. The molecule has 0 aliphatic heterocycles. The van der Waals surface area contributed by atoms with E-state index in [0.717, 1.165) is 0 Å². The van der Waals surface area contributed by atoms with E-state index in [4.69, 9.17) is 11.0 Å². The van der Waals surface area contributed by atoms with Crippen LogP contribution in [-0.2, 0) is 16.6 Å². The van der Waals surface area contributed by atoms with Gasteiger partial charge in [-0.1, -0.05) is 6.07 Å². The quantitative estimate of drug-likeness (QED) is 0.887. The third kappa shape index (κ3) is 2.98. The van der Waals surface area contributed by atoms with Crippen LogP contribution in [0.2, 0.25) is 0 Å². The van der Waals surface area contributed by atoms with Crippen molar-refractivity contribution in [2.24, 2.45) is 0 Å². The molecule has 0 saturated carbocycles. The minimum absolute atomic E-state index is 0.0570. The maximum absolute atomic E-state index is 12.4. The Hall–Kier alpha value is -2.53. The van der Waals surface area contributed by atoms with Crippen molar-refractivity contribution in [3.8, 4) is 6.07 Å². The predicted octanol–water partition coefficient (Wildman–Crippen LogP) is 1.47. The van der Waals surface area contributed by atoms with Gasteiger partial charge in [-0.05, 0) is 31.5 Å². The molecule has 110 valence electrons. The second kappa shape index (κ2) is 5.46. The second-order valence-corrected chi connectivity index (χ2v) is 6.13. The van der Waals surface area contributed by atoms with E-state index in [0.29, 0.717) is 23.4 Å². The summed E-state index contributed by atoms with van der Waals surface area (Å²) in [6, 6.07) is 6.75. The summed E-state index contributed by atoms with van der Waals surface area (Å²) in [7, 11) is -3.85. The standard InChI is InChI=1S/C13H15N5O2S/c1-3-18-8-12(13(15)16-18)21(19,20)17-11-6-10(7-14)5-4-9(11)2/h4-6,8,17H,3H2,1-2H3,(H2,15,16). The topological polar surface area (TPSA) is 114 Å². The van der Waals surface area contributed by atoms with Gasteiger partial charge in [-0.15, -0.1) is 0 Å². The Balaban J connectivity index is 2.42. The minimum atomic E-state index is -3.85. The molecule has 0 atom stereocenters. The van der Waals surface area contributed by atoms with E-state index in [1.54, 1.807) is 19.1 Å². The van der Waals surface area contributed by atoms with E-state index in [-0.39, 0.29) is 10.7 Å². The van der Waals surface area contributed by atoms with Crippen molar-refractivity contribution in [3.63, 3.8) is 0 Å². The Bertz CT molecular complexity index is 818. The molecule has 21 heavy (non-hydrogen) atoms. The summed E-state index contributed by atoms with van der Waals surface area (Å²) in [5, 5.41) is 12.8. The first-order chi connectivity index (χ1) is 9.87. The zero-order chi connectivity index (χ0) is 15.6. The molecule has 0 aliphatic rings. The van der Waals surface area contributed by atoms with E-state index >= 15 is 0 Å². The van der Waals surface area contributed by atoms with Crippen molar-refractivity contribution in [2.45, 2.75) is 25.3 Å². The van der Waals surface area contributed by atoms with Crippen LogP contribution in [0.4, 0.5) is 11.5 Å². The highest BCUT2D eigenvalue weighted by atomic mass is 32.2. The summed E-state index contributed by atoms with van der Waals surface area (Å²) >= 11 is 0. The normalized spacial score (nSPS) is 11.1. The highest BCUT2D eigenvalue weighted by Gasteiger charge is 2.21. The van der Waals surface area contributed by atoms with Crippen LogP contribution in [0.5, 0.6) is 0 Å². The molecule has 0 unspecified atom stereocenters. The van der Waals surface area contributed by atoms with Crippen LogP contribution < -0.4 is 10.5 Å². The molecular weight excluding hydrogens is 290 g/mol. The van der Waals surface area contributed by atoms with Crippen LogP contribution in [0.3, 0.4) is 0 Å². The van der Waals surface area contributed by atoms with Gasteiger partial charge in [0.15, 0.2) is 5.82 Å². The average molecular weight is 305 g/mol. The third-order valence-electron chi connectivity index (χ3n) is 2.98. The van der Waals surface area contributed by atoms with Crippen LogP contribution in [0.25, 0.3) is 0 Å². The van der Waals surface area contributed by atoms with Crippen LogP contribution in [0, 0.1) is 18.3 Å². The van der Waals surface area contributed by atoms with E-state index in [9.17, 15) is 8.42 Å². The zero-order valence-electron chi connectivity index (χ0n) is 11.7. The van der Waals surface area contributed by atoms with Gasteiger partial charge in [0.25, 0.3) is 10.0 Å². The van der Waals surface area contributed by atoms with Gasteiger partial charge in [-0.3, -0.25) is 9.40 Å². The fraction of sp³-hybridized carbons (Fsp3) is 0.231. The number of sulfonamides is 1. The van der Waals surface area contributed by atoms with E-state index in [1.165, 1.54) is 16.9 Å². The summed E-state index contributed by atoms with van der Waals surface area (Å²) in [6.45, 7) is 4.09. The number of benzene rings is 1. The first-order valence-corrected chi connectivity index (χ1v) is 7.72. The van der Waals surface area contributed by atoms with Crippen LogP contribution in [-0.4, -0.2) is 18.2 Å². The summed E-state index contributed by atoms with van der Waals surface area (Å²) in [4.78, 5) is -0.0777. The number of nitrogen functional groups attached to an aromatic ring is 1. The van der Waals surface area contributed by atoms with Gasteiger partial charge >= 0.3 is 0 Å². The number of nitrogens with zero attached hydrogens (tertiary/aromatic N) is 3. The van der Waals surface area contributed by atoms with Crippen molar-refractivity contribution in [3.05, 3.63) is 35.5 Å². The number of nitriles is 1. The first-order valence-electron chi connectivity index (χ1n) is 6.24. The van der Waals surface area contributed by atoms with E-state index in [2.05, 4.69) is 9.82 Å². The van der Waals surface area contributed by atoms with E-state index in [1.807, 2.05) is 13.0 Å². The van der Waals surface area contributed by atoms with Crippen molar-refractivity contribution in [1.82, 2.24) is 9.78 Å². The van der Waals surface area contributed by atoms with Crippen molar-refractivity contribution in [2.75, 3.05) is 10.5 Å². The Morgan fingerprint density at radius 2 is 2.19 bits per heavy atom. The number of nitrogens with two attached hydrogens (primary N) is 1. The summed E-state index contributed by atoms with van der Waals surface area (Å²) < 4.78 is 28.6. The highest BCUT2D eigenvalue weighted by molar-refractivity contribution is 7.92. The molecule has 0 saturated heterocycles. The number of hydrogen-bond acceptors (Lipinski definition) is 5. The Morgan fingerprint density at radius 1 is 1.48 bits per heavy atom. The van der Waals surface area contributed by atoms with Gasteiger partial charge in [-0.25, -0.2) is 8.42 Å². The highest BCUT2D eigenvalue weighted by Crippen LogP contribution is 2.23. The maximum Gasteiger partial charge on any atom is 0.267 e. The Kier molecular flexibility index (Phi) is 3.86. The number of aromatic nitrogens is 2. The second-order valence-electron chi connectivity index (χ2n) is 4.48. The monoisotopic (exact) mass is 305 g/mol. The molecule has 0 amide bonds. The summed E-state index contributed by atoms with van der Waals surface area (Å²) in [6.07, 6.45) is 1.38. The Morgan fingerprint density at radius 3 is 2.76 bits per heavy atom. The zero-order valence-corrected chi connectivity index (χ0v) is 12.5. The lowest BCUT2D eigenvalue weighted by Crippen LogP contribution is -2.14. The van der Waals surface area contributed by atoms with Crippen molar-refractivity contribution >= 4 is 21.5 Å². The molecule has 2 aromatic rings. The first kappa shape index (κ1) is 14.9. The van der Waals surface area contributed by atoms with Gasteiger partial charge in [0.05, 0.1) is 17.3 Å². The lowest BCUT2D eigenvalue weighted by Gasteiger charge is -2.09. The fourth-order valence-corrected chi connectivity index (χ4v) is 2.98. The average Bonchev–Trinajstić information content (AvgIpc) is 2.83. The molecule has 8 heteroatoms. The smallest absolute Gasteiger partial charge is 0.267 e. The van der Waals surface area contributed by atoms with Gasteiger partial charge in [0, 0.05) is 12.7 Å². The SMILES string of the molecule is CCn1cc(S(=O)(=O)Nc2cc(C#N)ccc2C)c(N)n1. The third-order valence-corrected chi connectivity index (χ3v) is 4.36. The number of hydrogen-bond donors (Lipinski definition) is 2. The number of rotatable bonds is 4.